The Balaban J connectivity index is 1.30. The van der Waals surface area contributed by atoms with Gasteiger partial charge in [0.2, 0.25) is 0 Å². The maximum Gasteiger partial charge on any atom is 0.420 e. The molecule has 0 aliphatic carbocycles. The molecular formula is C30H31F3N4O2. The fraction of sp³-hybridized carbons (Fsp3) is 0.367. The number of aliphatic hydroxyl groups excluding tert-OH is 1. The number of anilines is 1. The molecule has 0 amide bonds. The summed E-state index contributed by atoms with van der Waals surface area (Å²) in [6.07, 6.45) is 3.10. The van der Waals surface area contributed by atoms with Gasteiger partial charge in [0.25, 0.3) is 0 Å². The van der Waals surface area contributed by atoms with E-state index in [2.05, 4.69) is 37.7 Å². The number of aryl methyl sites for hydroxylation is 1. The maximum atomic E-state index is 13.8. The molecule has 0 bridgehead atoms. The molecule has 39 heavy (non-hydrogen) atoms. The summed E-state index contributed by atoms with van der Waals surface area (Å²) in [5, 5.41) is 13.6. The highest BCUT2D eigenvalue weighted by molar-refractivity contribution is 5.54. The number of allylic oxidation sites excluding steroid dienone is 1. The number of benzene rings is 2. The summed E-state index contributed by atoms with van der Waals surface area (Å²) in [5.74, 6) is 6.98. The SMILES string of the molecule is Cc1ccc(C(O)Nc2ccc(OCCN3CCCC3)c(C(F)(F)F)c2)cc1C#Cc1cnc2n1CCC=C2. The molecule has 2 aliphatic rings. The predicted octanol–water partition coefficient (Wildman–Crippen LogP) is 5.60. The van der Waals surface area contributed by atoms with Crippen LogP contribution in [0, 0.1) is 18.8 Å². The molecule has 5 rings (SSSR count). The largest absolute Gasteiger partial charge is 0.492 e. The van der Waals surface area contributed by atoms with E-state index in [1.165, 1.54) is 12.1 Å². The van der Waals surface area contributed by atoms with Crippen molar-refractivity contribution in [1.29, 1.82) is 0 Å². The molecule has 2 aliphatic heterocycles. The molecule has 1 unspecified atom stereocenters. The van der Waals surface area contributed by atoms with Crippen LogP contribution in [0.4, 0.5) is 18.9 Å². The van der Waals surface area contributed by atoms with Gasteiger partial charge in [0.05, 0.1) is 11.8 Å². The average molecular weight is 537 g/mol. The second-order valence-electron chi connectivity index (χ2n) is 9.82. The van der Waals surface area contributed by atoms with Gasteiger partial charge < -0.3 is 19.7 Å². The number of aromatic nitrogens is 2. The number of hydrogen-bond acceptors (Lipinski definition) is 5. The Morgan fingerprint density at radius 1 is 1.10 bits per heavy atom. The van der Waals surface area contributed by atoms with Crippen molar-refractivity contribution in [2.45, 2.75) is 45.1 Å². The van der Waals surface area contributed by atoms with E-state index in [0.717, 1.165) is 62.0 Å². The number of fused-ring (bicyclic) bond motifs is 1. The first-order valence-electron chi connectivity index (χ1n) is 13.1. The van der Waals surface area contributed by atoms with Crippen molar-refractivity contribution in [3.05, 3.63) is 82.4 Å². The van der Waals surface area contributed by atoms with E-state index < -0.39 is 18.0 Å². The van der Waals surface area contributed by atoms with Crippen molar-refractivity contribution in [2.75, 3.05) is 31.6 Å². The van der Waals surface area contributed by atoms with Gasteiger partial charge in [-0.1, -0.05) is 24.1 Å². The van der Waals surface area contributed by atoms with E-state index in [1.54, 1.807) is 18.3 Å². The average Bonchev–Trinajstić information content (AvgIpc) is 3.58. The molecule has 3 aromatic rings. The minimum atomic E-state index is -4.60. The van der Waals surface area contributed by atoms with Crippen molar-refractivity contribution in [1.82, 2.24) is 14.5 Å². The number of alkyl halides is 3. The van der Waals surface area contributed by atoms with E-state index in [4.69, 9.17) is 4.74 Å². The number of nitrogens with zero attached hydrogens (tertiary/aromatic N) is 3. The molecule has 0 radical (unpaired) electrons. The first-order chi connectivity index (χ1) is 18.8. The number of hydrogen-bond donors (Lipinski definition) is 2. The zero-order valence-corrected chi connectivity index (χ0v) is 21.8. The molecule has 9 heteroatoms. The third kappa shape index (κ3) is 6.47. The summed E-state index contributed by atoms with van der Waals surface area (Å²) in [6.45, 7) is 5.41. The van der Waals surface area contributed by atoms with Gasteiger partial charge in [-0.05, 0) is 81.1 Å². The Labute approximate surface area is 226 Å². The van der Waals surface area contributed by atoms with Gasteiger partial charge in [0, 0.05) is 29.9 Å². The summed E-state index contributed by atoms with van der Waals surface area (Å²) in [6, 6.07) is 9.06. The third-order valence-corrected chi connectivity index (χ3v) is 7.03. The Hall–Kier alpha value is -3.74. The van der Waals surface area contributed by atoms with Gasteiger partial charge in [-0.25, -0.2) is 4.98 Å². The number of likely N-dealkylation sites (tertiary alicyclic amines) is 1. The van der Waals surface area contributed by atoms with E-state index in [9.17, 15) is 18.3 Å². The van der Waals surface area contributed by atoms with Gasteiger partial charge in [0.15, 0.2) is 6.23 Å². The fourth-order valence-electron chi connectivity index (χ4n) is 4.83. The van der Waals surface area contributed by atoms with Gasteiger partial charge >= 0.3 is 6.18 Å². The van der Waals surface area contributed by atoms with E-state index in [-0.39, 0.29) is 18.0 Å². The lowest BCUT2D eigenvalue weighted by atomic mass is 10.0. The van der Waals surface area contributed by atoms with Crippen LogP contribution in [0.25, 0.3) is 6.08 Å². The molecule has 2 aromatic carbocycles. The van der Waals surface area contributed by atoms with Gasteiger partial charge in [-0.2, -0.15) is 13.2 Å². The predicted molar refractivity (Wildman–Crippen MR) is 144 cm³/mol. The van der Waals surface area contributed by atoms with Crippen molar-refractivity contribution >= 4 is 11.8 Å². The maximum absolute atomic E-state index is 13.8. The summed E-state index contributed by atoms with van der Waals surface area (Å²) < 4.78 is 49.0. The molecule has 2 N–H and O–H groups in total. The molecule has 3 heterocycles. The fourth-order valence-corrected chi connectivity index (χ4v) is 4.83. The number of nitrogens with one attached hydrogen (secondary N) is 1. The number of rotatable bonds is 7. The molecule has 1 atom stereocenters. The highest BCUT2D eigenvalue weighted by Crippen LogP contribution is 2.38. The van der Waals surface area contributed by atoms with Gasteiger partial charge in [-0.3, -0.25) is 4.90 Å². The van der Waals surface area contributed by atoms with Crippen LogP contribution in [-0.2, 0) is 12.7 Å². The zero-order chi connectivity index (χ0) is 27.4. The molecule has 0 spiro atoms. The quantitative estimate of drug-likeness (QED) is 0.304. The Morgan fingerprint density at radius 3 is 2.72 bits per heavy atom. The lowest BCUT2D eigenvalue weighted by molar-refractivity contribution is -0.138. The van der Waals surface area contributed by atoms with Crippen LogP contribution in [0.3, 0.4) is 0 Å². The summed E-state index contributed by atoms with van der Waals surface area (Å²) in [4.78, 5) is 6.56. The van der Waals surface area contributed by atoms with Crippen LogP contribution >= 0.6 is 0 Å². The molecule has 6 nitrogen and oxygen atoms in total. The van der Waals surface area contributed by atoms with Gasteiger partial charge in [-0.15, -0.1) is 0 Å². The van der Waals surface area contributed by atoms with Crippen LogP contribution in [0.5, 0.6) is 5.75 Å². The lowest BCUT2D eigenvalue weighted by Gasteiger charge is -2.20. The Morgan fingerprint density at radius 2 is 1.92 bits per heavy atom. The number of halogens is 3. The highest BCUT2D eigenvalue weighted by Gasteiger charge is 2.35. The number of aliphatic hydroxyl groups is 1. The molecule has 1 aromatic heterocycles. The number of ether oxygens (including phenoxy) is 1. The molecule has 1 fully saturated rings. The second kappa shape index (κ2) is 11.6. The Bertz CT molecular complexity index is 1410. The zero-order valence-electron chi connectivity index (χ0n) is 21.8. The molecule has 0 saturated carbocycles. The van der Waals surface area contributed by atoms with Crippen molar-refractivity contribution in [3.8, 4) is 17.6 Å². The standard InChI is InChI=1S/C30H31F3N4O2/c1-21-7-8-23(18-22(21)9-11-25-20-34-28-6-2-3-15-37(25)28)29(38)35-24-10-12-27(26(19-24)30(31,32)33)39-17-16-36-13-4-5-14-36/h2,6-8,10,12,18-20,29,35,38H,3-5,13-17H2,1H3. The first kappa shape index (κ1) is 26.9. The van der Waals surface area contributed by atoms with E-state index in [0.29, 0.717) is 17.7 Å². The smallest absolute Gasteiger partial charge is 0.420 e. The second-order valence-corrected chi connectivity index (χ2v) is 9.82. The molecule has 1 saturated heterocycles. The molecule has 204 valence electrons. The minimum absolute atomic E-state index is 0.133. The van der Waals surface area contributed by atoms with Crippen LogP contribution in [0.15, 0.2) is 48.7 Å². The van der Waals surface area contributed by atoms with E-state index in [1.807, 2.05) is 19.1 Å². The van der Waals surface area contributed by atoms with E-state index >= 15 is 0 Å². The van der Waals surface area contributed by atoms with Crippen molar-refractivity contribution < 1.29 is 23.0 Å². The lowest BCUT2D eigenvalue weighted by Crippen LogP contribution is -2.25. The number of imidazole rings is 1. The summed E-state index contributed by atoms with van der Waals surface area (Å²) in [5.41, 5.74) is 2.19. The topological polar surface area (TPSA) is 62.5 Å². The van der Waals surface area contributed by atoms with Crippen molar-refractivity contribution in [2.24, 2.45) is 0 Å². The normalized spacial score (nSPS) is 15.9. The molecular weight excluding hydrogens is 505 g/mol. The summed E-state index contributed by atoms with van der Waals surface area (Å²) >= 11 is 0. The summed E-state index contributed by atoms with van der Waals surface area (Å²) in [7, 11) is 0. The highest BCUT2D eigenvalue weighted by atomic mass is 19.4. The Kier molecular flexibility index (Phi) is 7.96. The monoisotopic (exact) mass is 536 g/mol. The van der Waals surface area contributed by atoms with Crippen LogP contribution < -0.4 is 10.1 Å². The van der Waals surface area contributed by atoms with Gasteiger partial charge in [0.1, 0.15) is 23.9 Å². The minimum Gasteiger partial charge on any atom is -0.492 e. The third-order valence-electron chi connectivity index (χ3n) is 7.03. The first-order valence-corrected chi connectivity index (χ1v) is 13.1. The van der Waals surface area contributed by atoms with Crippen molar-refractivity contribution in [3.63, 3.8) is 0 Å². The van der Waals surface area contributed by atoms with Crippen LogP contribution in [0.1, 0.15) is 59.3 Å². The van der Waals surface area contributed by atoms with Crippen LogP contribution in [-0.4, -0.2) is 45.8 Å². The van der Waals surface area contributed by atoms with Crippen LogP contribution in [0.2, 0.25) is 0 Å².